The second-order valence-corrected chi connectivity index (χ2v) is 5.87. The van der Waals surface area contributed by atoms with Gasteiger partial charge >= 0.3 is 0 Å². The van der Waals surface area contributed by atoms with E-state index in [9.17, 15) is 10.1 Å². The van der Waals surface area contributed by atoms with E-state index in [1.807, 2.05) is 36.4 Å². The molecule has 0 aliphatic rings. The van der Waals surface area contributed by atoms with Gasteiger partial charge in [0.05, 0.1) is 20.3 Å². The highest BCUT2D eigenvalue weighted by atomic mass is 32.1. The van der Waals surface area contributed by atoms with E-state index in [1.54, 1.807) is 18.2 Å². The number of nitriles is 1. The number of ether oxygens (including phenoxy) is 2. The van der Waals surface area contributed by atoms with Crippen molar-refractivity contribution in [2.45, 2.75) is 12.5 Å². The molecule has 0 aromatic heterocycles. The van der Waals surface area contributed by atoms with Gasteiger partial charge in [-0.15, -0.1) is 0 Å². The number of thiocarbonyl (C=S) groups is 1. The summed E-state index contributed by atoms with van der Waals surface area (Å²) in [6, 6.07) is 16.5. The molecule has 1 amide bonds. The third kappa shape index (κ3) is 5.59. The number of hydrogen-bond donors (Lipinski definition) is 3. The van der Waals surface area contributed by atoms with E-state index in [-0.39, 0.29) is 5.11 Å². The average Bonchev–Trinajstić information content (AvgIpc) is 2.71. The van der Waals surface area contributed by atoms with Crippen molar-refractivity contribution < 1.29 is 14.3 Å². The molecule has 0 fully saturated rings. The maximum Gasteiger partial charge on any atom is 0.260 e. The van der Waals surface area contributed by atoms with Crippen molar-refractivity contribution in [2.75, 3.05) is 14.2 Å². The Morgan fingerprint density at radius 2 is 1.81 bits per heavy atom. The number of amides is 1. The van der Waals surface area contributed by atoms with E-state index in [0.717, 1.165) is 5.56 Å². The molecule has 2 rings (SSSR count). The number of hydrazine groups is 1. The number of carbonyl (C=O) groups is 1. The Balaban J connectivity index is 1.93. The van der Waals surface area contributed by atoms with Gasteiger partial charge in [-0.05, 0) is 35.5 Å². The highest BCUT2D eigenvalue weighted by Crippen LogP contribution is 2.30. The molecule has 140 valence electrons. The number of methoxy groups -OCH3 is 2. The van der Waals surface area contributed by atoms with E-state index in [1.165, 1.54) is 14.2 Å². The first-order chi connectivity index (χ1) is 13.1. The van der Waals surface area contributed by atoms with Gasteiger partial charge in [0, 0.05) is 6.54 Å². The van der Waals surface area contributed by atoms with Crippen LogP contribution in [0.2, 0.25) is 0 Å². The maximum absolute atomic E-state index is 12.4. The van der Waals surface area contributed by atoms with Crippen LogP contribution in [0.25, 0.3) is 0 Å². The quantitative estimate of drug-likeness (QED) is 0.518. The zero-order valence-electron chi connectivity index (χ0n) is 15.0. The summed E-state index contributed by atoms with van der Waals surface area (Å²) in [7, 11) is 3.00. The van der Waals surface area contributed by atoms with Crippen LogP contribution in [0.4, 0.5) is 0 Å². The van der Waals surface area contributed by atoms with Crippen LogP contribution in [0.1, 0.15) is 17.0 Å². The maximum atomic E-state index is 12.4. The molecular formula is C19H20N4O3S. The van der Waals surface area contributed by atoms with Gasteiger partial charge in [0.25, 0.3) is 5.91 Å². The van der Waals surface area contributed by atoms with Crippen molar-refractivity contribution in [3.63, 3.8) is 0 Å². The molecule has 0 bridgehead atoms. The lowest BCUT2D eigenvalue weighted by Crippen LogP contribution is -2.47. The van der Waals surface area contributed by atoms with Gasteiger partial charge in [0.15, 0.2) is 22.5 Å². The van der Waals surface area contributed by atoms with Crippen molar-refractivity contribution in [3.8, 4) is 17.6 Å². The summed E-state index contributed by atoms with van der Waals surface area (Å²) in [6.07, 6.45) is 0. The zero-order valence-corrected chi connectivity index (χ0v) is 15.8. The van der Waals surface area contributed by atoms with Gasteiger partial charge in [-0.2, -0.15) is 5.26 Å². The Kier molecular flexibility index (Phi) is 7.40. The fourth-order valence-electron chi connectivity index (χ4n) is 2.33. The summed E-state index contributed by atoms with van der Waals surface area (Å²) in [5.74, 6) is -0.610. The lowest BCUT2D eigenvalue weighted by Gasteiger charge is -2.15. The van der Waals surface area contributed by atoms with Gasteiger partial charge in [-0.25, -0.2) is 0 Å². The number of carbonyl (C=O) groups excluding carboxylic acids is 1. The SMILES string of the molecule is COc1ccc(C(C#N)C(=O)NNC(=S)NCc2ccccc2)cc1OC. The summed E-state index contributed by atoms with van der Waals surface area (Å²) >= 11 is 5.13. The molecule has 27 heavy (non-hydrogen) atoms. The Bertz CT molecular complexity index is 837. The zero-order chi connectivity index (χ0) is 19.6. The predicted molar refractivity (Wildman–Crippen MR) is 105 cm³/mol. The van der Waals surface area contributed by atoms with Gasteiger partial charge in [0.1, 0.15) is 0 Å². The fraction of sp³-hybridized carbons (Fsp3) is 0.211. The monoisotopic (exact) mass is 384 g/mol. The molecule has 8 heteroatoms. The van der Waals surface area contributed by atoms with Crippen molar-refractivity contribution in [1.29, 1.82) is 5.26 Å². The Morgan fingerprint density at radius 3 is 2.44 bits per heavy atom. The summed E-state index contributed by atoms with van der Waals surface area (Å²) in [5.41, 5.74) is 6.58. The van der Waals surface area contributed by atoms with E-state index in [4.69, 9.17) is 21.7 Å². The van der Waals surface area contributed by atoms with Gasteiger partial charge < -0.3 is 14.8 Å². The molecule has 0 aliphatic heterocycles. The lowest BCUT2D eigenvalue weighted by atomic mass is 9.99. The molecule has 7 nitrogen and oxygen atoms in total. The molecule has 0 radical (unpaired) electrons. The number of hydrogen-bond acceptors (Lipinski definition) is 5. The summed E-state index contributed by atoms with van der Waals surface area (Å²) < 4.78 is 10.4. The Morgan fingerprint density at radius 1 is 1.11 bits per heavy atom. The molecule has 0 spiro atoms. The van der Waals surface area contributed by atoms with Crippen LogP contribution in [0.15, 0.2) is 48.5 Å². The Hall–Kier alpha value is -3.31. The van der Waals surface area contributed by atoms with E-state index in [0.29, 0.717) is 23.6 Å². The molecule has 0 saturated heterocycles. The minimum absolute atomic E-state index is 0.246. The molecule has 0 heterocycles. The average molecular weight is 384 g/mol. The molecule has 2 aromatic rings. The van der Waals surface area contributed by atoms with Crippen LogP contribution in [-0.2, 0) is 11.3 Å². The normalized spacial score (nSPS) is 10.9. The number of rotatable bonds is 6. The molecular weight excluding hydrogens is 364 g/mol. The van der Waals surface area contributed by atoms with Crippen molar-refractivity contribution in [3.05, 3.63) is 59.7 Å². The van der Waals surface area contributed by atoms with Crippen LogP contribution < -0.4 is 25.6 Å². The van der Waals surface area contributed by atoms with E-state index in [2.05, 4.69) is 16.2 Å². The van der Waals surface area contributed by atoms with Crippen LogP contribution in [0, 0.1) is 11.3 Å². The molecule has 1 unspecified atom stereocenters. The minimum Gasteiger partial charge on any atom is -0.493 e. The summed E-state index contributed by atoms with van der Waals surface area (Å²) in [6.45, 7) is 0.514. The summed E-state index contributed by atoms with van der Waals surface area (Å²) in [5, 5.41) is 12.6. The predicted octanol–water partition coefficient (Wildman–Crippen LogP) is 2.01. The highest BCUT2D eigenvalue weighted by Gasteiger charge is 2.22. The number of nitrogens with zero attached hydrogens (tertiary/aromatic N) is 1. The largest absolute Gasteiger partial charge is 0.493 e. The third-order valence-corrected chi connectivity index (χ3v) is 3.97. The minimum atomic E-state index is -1.03. The number of nitrogens with one attached hydrogen (secondary N) is 3. The first-order valence-corrected chi connectivity index (χ1v) is 8.49. The second-order valence-electron chi connectivity index (χ2n) is 5.46. The van der Waals surface area contributed by atoms with Gasteiger partial charge in [0.2, 0.25) is 0 Å². The van der Waals surface area contributed by atoms with Crippen LogP contribution in [0.5, 0.6) is 11.5 Å². The molecule has 0 saturated carbocycles. The molecule has 0 aliphatic carbocycles. The van der Waals surface area contributed by atoms with E-state index < -0.39 is 11.8 Å². The van der Waals surface area contributed by atoms with Crippen molar-refractivity contribution >= 4 is 23.2 Å². The van der Waals surface area contributed by atoms with Gasteiger partial charge in [-0.1, -0.05) is 36.4 Å². The summed E-state index contributed by atoms with van der Waals surface area (Å²) in [4.78, 5) is 12.4. The third-order valence-electron chi connectivity index (χ3n) is 3.73. The van der Waals surface area contributed by atoms with E-state index >= 15 is 0 Å². The smallest absolute Gasteiger partial charge is 0.260 e. The van der Waals surface area contributed by atoms with Crippen LogP contribution >= 0.6 is 12.2 Å². The lowest BCUT2D eigenvalue weighted by molar-refractivity contribution is -0.121. The highest BCUT2D eigenvalue weighted by molar-refractivity contribution is 7.80. The molecule has 2 aromatic carbocycles. The first-order valence-electron chi connectivity index (χ1n) is 8.08. The second kappa shape index (κ2) is 9.99. The fourth-order valence-corrected chi connectivity index (χ4v) is 2.45. The standard InChI is InChI=1S/C19H20N4O3S/c1-25-16-9-8-14(10-17(16)26-2)15(11-20)18(24)22-23-19(27)21-12-13-6-4-3-5-7-13/h3-10,15H,12H2,1-2H3,(H,22,24)(H2,21,23,27). The van der Waals surface area contributed by atoms with Crippen molar-refractivity contribution in [1.82, 2.24) is 16.2 Å². The van der Waals surface area contributed by atoms with Crippen LogP contribution in [0.3, 0.4) is 0 Å². The van der Waals surface area contributed by atoms with Crippen molar-refractivity contribution in [2.24, 2.45) is 0 Å². The topological polar surface area (TPSA) is 95.4 Å². The molecule has 3 N–H and O–H groups in total. The molecule has 1 atom stereocenters. The van der Waals surface area contributed by atoms with Crippen LogP contribution in [-0.4, -0.2) is 25.2 Å². The Labute approximate surface area is 163 Å². The first kappa shape index (κ1) is 20.0. The van der Waals surface area contributed by atoms with Gasteiger partial charge in [-0.3, -0.25) is 15.6 Å². The number of benzene rings is 2.